The molecule has 0 spiro atoms. The van der Waals surface area contributed by atoms with Crippen molar-refractivity contribution >= 4 is 20.9 Å². The molecule has 0 N–H and O–H groups in total. The lowest BCUT2D eigenvalue weighted by atomic mass is 10.00. The van der Waals surface area contributed by atoms with E-state index in [2.05, 4.69) is 20.2 Å². The number of sulfonamides is 1. The van der Waals surface area contributed by atoms with Crippen LogP contribution in [0, 0.1) is 0 Å². The predicted octanol–water partition coefficient (Wildman–Crippen LogP) is 3.25. The highest BCUT2D eigenvalue weighted by Crippen LogP contribution is 2.32. The maximum absolute atomic E-state index is 13.4. The van der Waals surface area contributed by atoms with E-state index in [1.165, 1.54) is 4.31 Å². The third-order valence-electron chi connectivity index (χ3n) is 5.30. The lowest BCUT2D eigenvalue weighted by Gasteiger charge is -2.30. The summed E-state index contributed by atoms with van der Waals surface area (Å²) in [6.07, 6.45) is 6.44. The summed E-state index contributed by atoms with van der Waals surface area (Å²) in [7, 11) is -3.70. The molecule has 9 heteroatoms. The quantitative estimate of drug-likeness (QED) is 0.498. The molecule has 0 saturated carbocycles. The van der Waals surface area contributed by atoms with E-state index in [1.807, 2.05) is 18.2 Å². The summed E-state index contributed by atoms with van der Waals surface area (Å²) in [5.74, 6) is 0.676. The predicted molar refractivity (Wildman–Crippen MR) is 110 cm³/mol. The van der Waals surface area contributed by atoms with E-state index < -0.39 is 10.0 Å². The number of rotatable bonds is 4. The molecule has 1 aliphatic heterocycles. The minimum Gasteiger partial charge on any atom is -0.420 e. The van der Waals surface area contributed by atoms with Gasteiger partial charge in [-0.2, -0.15) is 4.31 Å². The van der Waals surface area contributed by atoms with Gasteiger partial charge in [-0.05, 0) is 37.1 Å². The van der Waals surface area contributed by atoms with E-state index in [0.717, 1.165) is 17.4 Å². The van der Waals surface area contributed by atoms with Crippen molar-refractivity contribution in [2.24, 2.45) is 0 Å². The summed E-state index contributed by atoms with van der Waals surface area (Å²) in [5, 5.41) is 9.09. The Morgan fingerprint density at radius 3 is 2.77 bits per heavy atom. The Morgan fingerprint density at radius 2 is 1.90 bits per heavy atom. The van der Waals surface area contributed by atoms with Gasteiger partial charge in [-0.25, -0.2) is 8.42 Å². The Labute approximate surface area is 173 Å². The van der Waals surface area contributed by atoms with Crippen LogP contribution in [0.2, 0.25) is 0 Å². The summed E-state index contributed by atoms with van der Waals surface area (Å²) in [6.45, 7) is 0.742. The lowest BCUT2D eigenvalue weighted by molar-refractivity contribution is 0.286. The topological polar surface area (TPSA) is 102 Å². The molecule has 0 amide bonds. The molecule has 0 bridgehead atoms. The molecule has 3 aromatic heterocycles. The number of nitrogens with zero attached hydrogens (tertiary/aromatic N) is 5. The van der Waals surface area contributed by atoms with E-state index in [9.17, 15) is 8.42 Å². The fraction of sp³-hybridized carbons (Fsp3) is 0.238. The molecule has 0 aliphatic carbocycles. The zero-order valence-electron chi connectivity index (χ0n) is 16.0. The lowest BCUT2D eigenvalue weighted by Crippen LogP contribution is -2.39. The van der Waals surface area contributed by atoms with Crippen LogP contribution in [0.1, 0.15) is 24.7 Å². The van der Waals surface area contributed by atoms with Gasteiger partial charge in [0.25, 0.3) is 0 Å². The molecule has 152 valence electrons. The van der Waals surface area contributed by atoms with E-state index in [0.29, 0.717) is 36.8 Å². The minimum atomic E-state index is -3.70. The largest absolute Gasteiger partial charge is 0.420 e. The van der Waals surface area contributed by atoms with Crippen LogP contribution in [0.15, 0.2) is 70.4 Å². The fourth-order valence-electron chi connectivity index (χ4n) is 3.79. The molecule has 1 fully saturated rings. The number of para-hydroxylation sites is 1. The molecule has 5 rings (SSSR count). The fourth-order valence-corrected chi connectivity index (χ4v) is 5.48. The van der Waals surface area contributed by atoms with Gasteiger partial charge in [0.15, 0.2) is 0 Å². The van der Waals surface area contributed by atoms with Crippen LogP contribution < -0.4 is 0 Å². The molecule has 1 aliphatic rings. The Balaban J connectivity index is 1.43. The van der Waals surface area contributed by atoms with E-state index in [1.54, 1.807) is 42.9 Å². The van der Waals surface area contributed by atoms with Gasteiger partial charge in [-0.1, -0.05) is 18.2 Å². The molecule has 30 heavy (non-hydrogen) atoms. The SMILES string of the molecule is O=S(=O)(c1cccc2cccnc12)N1CCCC(c2nnc(-c3cccnc3)o2)C1. The van der Waals surface area contributed by atoms with E-state index in [-0.39, 0.29) is 10.8 Å². The average Bonchev–Trinajstić information content (AvgIpc) is 3.30. The van der Waals surface area contributed by atoms with E-state index >= 15 is 0 Å². The van der Waals surface area contributed by atoms with Crippen LogP contribution in [0.4, 0.5) is 0 Å². The standard InChI is InChI=1S/C21H19N5O3S/c27-30(28,18-9-1-5-15-6-3-11-23-19(15)18)26-12-4-8-17(14-26)21-25-24-20(29-21)16-7-2-10-22-13-16/h1-3,5-7,9-11,13,17H,4,8,12,14H2. The van der Waals surface area contributed by atoms with Crippen molar-refractivity contribution in [3.8, 4) is 11.5 Å². The summed E-state index contributed by atoms with van der Waals surface area (Å²) in [6, 6.07) is 12.5. The number of benzene rings is 1. The van der Waals surface area contributed by atoms with Crippen molar-refractivity contribution in [2.45, 2.75) is 23.7 Å². The Hall–Kier alpha value is -3.17. The smallest absolute Gasteiger partial charge is 0.249 e. The zero-order valence-corrected chi connectivity index (χ0v) is 16.9. The maximum Gasteiger partial charge on any atom is 0.249 e. The van der Waals surface area contributed by atoms with Gasteiger partial charge in [0.05, 0.1) is 17.0 Å². The van der Waals surface area contributed by atoms with Crippen molar-refractivity contribution < 1.29 is 12.8 Å². The summed E-state index contributed by atoms with van der Waals surface area (Å²) in [4.78, 5) is 8.59. The van der Waals surface area contributed by atoms with Gasteiger partial charge in [0.1, 0.15) is 4.90 Å². The van der Waals surface area contributed by atoms with Crippen LogP contribution in [-0.4, -0.2) is 46.0 Å². The number of aromatic nitrogens is 4. The monoisotopic (exact) mass is 421 g/mol. The number of piperidine rings is 1. The van der Waals surface area contributed by atoms with Crippen LogP contribution in [-0.2, 0) is 10.0 Å². The zero-order chi connectivity index (χ0) is 20.6. The van der Waals surface area contributed by atoms with Gasteiger partial charge in [0.2, 0.25) is 21.8 Å². The van der Waals surface area contributed by atoms with E-state index in [4.69, 9.17) is 4.42 Å². The molecule has 0 radical (unpaired) electrons. The highest BCUT2D eigenvalue weighted by atomic mass is 32.2. The number of hydrogen-bond acceptors (Lipinski definition) is 7. The Morgan fingerprint density at radius 1 is 1.03 bits per heavy atom. The number of hydrogen-bond donors (Lipinski definition) is 0. The normalized spacial score (nSPS) is 17.9. The first kappa shape index (κ1) is 18.8. The summed E-state index contributed by atoms with van der Waals surface area (Å²) < 4.78 is 34.2. The molecule has 1 saturated heterocycles. The Kier molecular flexibility index (Phi) is 4.76. The van der Waals surface area contributed by atoms with Crippen molar-refractivity contribution in [2.75, 3.05) is 13.1 Å². The maximum atomic E-state index is 13.4. The van der Waals surface area contributed by atoms with Gasteiger partial charge in [0, 0.05) is 37.1 Å². The minimum absolute atomic E-state index is 0.158. The second-order valence-corrected chi connectivity index (χ2v) is 9.13. The molecular weight excluding hydrogens is 402 g/mol. The highest BCUT2D eigenvalue weighted by Gasteiger charge is 2.34. The molecule has 1 aromatic carbocycles. The third kappa shape index (κ3) is 3.35. The van der Waals surface area contributed by atoms with Crippen molar-refractivity contribution in [1.29, 1.82) is 0 Å². The van der Waals surface area contributed by atoms with Crippen LogP contribution >= 0.6 is 0 Å². The van der Waals surface area contributed by atoms with Gasteiger partial charge < -0.3 is 4.42 Å². The van der Waals surface area contributed by atoms with Crippen LogP contribution in [0.5, 0.6) is 0 Å². The first-order chi connectivity index (χ1) is 14.6. The molecule has 1 atom stereocenters. The first-order valence-electron chi connectivity index (χ1n) is 9.70. The highest BCUT2D eigenvalue weighted by molar-refractivity contribution is 7.89. The van der Waals surface area contributed by atoms with Gasteiger partial charge in [-0.15, -0.1) is 10.2 Å². The van der Waals surface area contributed by atoms with Crippen LogP contribution in [0.3, 0.4) is 0 Å². The molecule has 4 aromatic rings. The molecule has 8 nitrogen and oxygen atoms in total. The first-order valence-corrected chi connectivity index (χ1v) is 11.1. The second-order valence-electron chi connectivity index (χ2n) is 7.22. The summed E-state index contributed by atoms with van der Waals surface area (Å²) >= 11 is 0. The van der Waals surface area contributed by atoms with Crippen molar-refractivity contribution in [1.82, 2.24) is 24.5 Å². The second kappa shape index (κ2) is 7.58. The van der Waals surface area contributed by atoms with Crippen molar-refractivity contribution in [3.63, 3.8) is 0 Å². The van der Waals surface area contributed by atoms with Crippen molar-refractivity contribution in [3.05, 3.63) is 66.9 Å². The number of pyridine rings is 2. The average molecular weight is 421 g/mol. The number of fused-ring (bicyclic) bond motifs is 1. The van der Waals surface area contributed by atoms with Gasteiger partial charge >= 0.3 is 0 Å². The van der Waals surface area contributed by atoms with Crippen LogP contribution in [0.25, 0.3) is 22.4 Å². The Bertz CT molecular complexity index is 1290. The molecular formula is C21H19N5O3S. The van der Waals surface area contributed by atoms with Gasteiger partial charge in [-0.3, -0.25) is 9.97 Å². The third-order valence-corrected chi connectivity index (χ3v) is 7.19. The molecule has 1 unspecified atom stereocenters. The molecule has 4 heterocycles. The summed E-state index contributed by atoms with van der Waals surface area (Å²) in [5.41, 5.74) is 1.22.